The van der Waals surface area contributed by atoms with Gasteiger partial charge in [-0.1, -0.05) is 102 Å². The van der Waals surface area contributed by atoms with Gasteiger partial charge in [0, 0.05) is 11.5 Å². The fraction of sp³-hybridized carbons (Fsp3) is 0.156. The van der Waals surface area contributed by atoms with Gasteiger partial charge in [0.25, 0.3) is 0 Å². The van der Waals surface area contributed by atoms with Crippen LogP contribution in [0.5, 0.6) is 11.5 Å². The molecule has 0 atom stereocenters. The van der Waals surface area contributed by atoms with Crippen molar-refractivity contribution in [3.8, 4) is 33.9 Å². The summed E-state index contributed by atoms with van der Waals surface area (Å²) >= 11 is 12.9. The van der Waals surface area contributed by atoms with E-state index in [0.717, 1.165) is 45.0 Å². The fourth-order valence-electron chi connectivity index (χ4n) is 4.26. The number of halogens is 2. The quantitative estimate of drug-likeness (QED) is 0.172. The van der Waals surface area contributed by atoms with Crippen LogP contribution in [-0.4, -0.2) is 13.0 Å². The van der Waals surface area contributed by atoms with Crippen molar-refractivity contribution < 1.29 is 14.0 Å². The standard InChI is InChI=1S/C32H26BCl2NO3/c1-20(2)32-27(31(36-39-32)30-28(34)4-3-5-29(30)35)19-38-25-14-6-21(7-15-25)18-37-26-16-10-23(11-17-26)22-8-12-24(33)13-9-22/h3-17,20H,18-19H2,1-2H3. The van der Waals surface area contributed by atoms with E-state index in [0.29, 0.717) is 27.9 Å². The minimum absolute atomic E-state index is 0.117. The Balaban J connectivity index is 1.23. The lowest BCUT2D eigenvalue weighted by atomic mass is 9.94. The van der Waals surface area contributed by atoms with Gasteiger partial charge in [-0.2, -0.15) is 0 Å². The van der Waals surface area contributed by atoms with Crippen LogP contribution in [0.4, 0.5) is 0 Å². The summed E-state index contributed by atoms with van der Waals surface area (Å²) in [7, 11) is 5.78. The summed E-state index contributed by atoms with van der Waals surface area (Å²) in [6, 6.07) is 29.0. The van der Waals surface area contributed by atoms with Crippen LogP contribution in [-0.2, 0) is 13.2 Å². The van der Waals surface area contributed by atoms with Crippen molar-refractivity contribution in [3.63, 3.8) is 0 Å². The Bertz CT molecular complexity index is 1530. The smallest absolute Gasteiger partial charge is 0.146 e. The van der Waals surface area contributed by atoms with Gasteiger partial charge < -0.3 is 14.0 Å². The van der Waals surface area contributed by atoms with Crippen molar-refractivity contribution in [1.29, 1.82) is 0 Å². The molecule has 0 saturated carbocycles. The predicted molar refractivity (Wildman–Crippen MR) is 158 cm³/mol. The van der Waals surface area contributed by atoms with Crippen LogP contribution in [0.2, 0.25) is 10.0 Å². The average molecular weight is 554 g/mol. The van der Waals surface area contributed by atoms with E-state index in [1.165, 1.54) is 0 Å². The predicted octanol–water partition coefficient (Wildman–Crippen LogP) is 8.39. The van der Waals surface area contributed by atoms with Gasteiger partial charge in [-0.05, 0) is 53.1 Å². The first-order valence-corrected chi connectivity index (χ1v) is 13.4. The Morgan fingerprint density at radius 3 is 1.87 bits per heavy atom. The first kappa shape index (κ1) is 26.9. The maximum Gasteiger partial charge on any atom is 0.146 e. The maximum absolute atomic E-state index is 6.45. The third kappa shape index (κ3) is 6.33. The molecule has 5 aromatic rings. The molecule has 0 unspecified atom stereocenters. The van der Waals surface area contributed by atoms with Crippen molar-refractivity contribution in [2.24, 2.45) is 0 Å². The molecule has 1 heterocycles. The first-order valence-electron chi connectivity index (χ1n) is 12.6. The molecule has 5 rings (SSSR count). The number of ether oxygens (including phenoxy) is 2. The molecule has 7 heteroatoms. The Labute approximate surface area is 239 Å². The van der Waals surface area contributed by atoms with E-state index < -0.39 is 0 Å². The molecule has 0 aliphatic carbocycles. The molecule has 0 saturated heterocycles. The Morgan fingerprint density at radius 2 is 1.28 bits per heavy atom. The fourth-order valence-corrected chi connectivity index (χ4v) is 4.84. The highest BCUT2D eigenvalue weighted by atomic mass is 35.5. The summed E-state index contributed by atoms with van der Waals surface area (Å²) in [5.74, 6) is 2.38. The van der Waals surface area contributed by atoms with Crippen molar-refractivity contribution in [1.82, 2.24) is 5.16 Å². The van der Waals surface area contributed by atoms with E-state index >= 15 is 0 Å². The minimum Gasteiger partial charge on any atom is -0.489 e. The van der Waals surface area contributed by atoms with Gasteiger partial charge in [-0.25, -0.2) is 0 Å². The monoisotopic (exact) mass is 553 g/mol. The SMILES string of the molecule is [B]c1ccc(-c2ccc(OCc3ccc(OCc4c(-c5c(Cl)cccc5Cl)noc4C(C)C)cc3)cc2)cc1. The van der Waals surface area contributed by atoms with Crippen LogP contribution in [0.25, 0.3) is 22.4 Å². The van der Waals surface area contributed by atoms with Crippen molar-refractivity contribution in [2.75, 3.05) is 0 Å². The molecule has 0 amide bonds. The molecular formula is C32H26BCl2NO3. The van der Waals surface area contributed by atoms with Crippen LogP contribution in [0, 0.1) is 0 Å². The van der Waals surface area contributed by atoms with E-state index in [4.69, 9.17) is 45.0 Å². The number of hydrogen-bond donors (Lipinski definition) is 0. The lowest BCUT2D eigenvalue weighted by Crippen LogP contribution is -2.02. The van der Waals surface area contributed by atoms with Gasteiger partial charge in [-0.3, -0.25) is 0 Å². The molecule has 2 radical (unpaired) electrons. The molecule has 194 valence electrons. The van der Waals surface area contributed by atoms with Gasteiger partial charge in [-0.15, -0.1) is 0 Å². The first-order chi connectivity index (χ1) is 18.9. The number of benzene rings is 4. The summed E-state index contributed by atoms with van der Waals surface area (Å²) in [4.78, 5) is 0. The minimum atomic E-state index is 0.117. The van der Waals surface area contributed by atoms with Gasteiger partial charge >= 0.3 is 0 Å². The number of aromatic nitrogens is 1. The van der Waals surface area contributed by atoms with Crippen LogP contribution in [0.3, 0.4) is 0 Å². The zero-order valence-electron chi connectivity index (χ0n) is 21.7. The molecule has 0 aliphatic rings. The lowest BCUT2D eigenvalue weighted by Gasteiger charge is -2.11. The van der Waals surface area contributed by atoms with E-state index in [-0.39, 0.29) is 12.5 Å². The summed E-state index contributed by atoms with van der Waals surface area (Å²) < 4.78 is 17.8. The second kappa shape index (κ2) is 12.0. The van der Waals surface area contributed by atoms with E-state index in [1.807, 2.05) is 86.6 Å². The normalized spacial score (nSPS) is 11.1. The average Bonchev–Trinajstić information content (AvgIpc) is 3.36. The zero-order valence-corrected chi connectivity index (χ0v) is 23.2. The van der Waals surface area contributed by atoms with Gasteiger partial charge in [0.15, 0.2) is 0 Å². The van der Waals surface area contributed by atoms with Gasteiger partial charge in [0.2, 0.25) is 0 Å². The molecule has 0 spiro atoms. The van der Waals surface area contributed by atoms with Crippen LogP contribution >= 0.6 is 23.2 Å². The van der Waals surface area contributed by atoms with E-state index in [2.05, 4.69) is 5.16 Å². The highest BCUT2D eigenvalue weighted by molar-refractivity contribution is 6.39. The van der Waals surface area contributed by atoms with Crippen LogP contribution in [0.15, 0.2) is 95.5 Å². The van der Waals surface area contributed by atoms with Crippen molar-refractivity contribution in [2.45, 2.75) is 33.0 Å². The lowest BCUT2D eigenvalue weighted by molar-refractivity contribution is 0.296. The van der Waals surface area contributed by atoms with Crippen molar-refractivity contribution in [3.05, 3.63) is 118 Å². The molecule has 39 heavy (non-hydrogen) atoms. The second-order valence-electron chi connectivity index (χ2n) is 9.49. The topological polar surface area (TPSA) is 44.5 Å². The number of hydrogen-bond acceptors (Lipinski definition) is 4. The van der Waals surface area contributed by atoms with Crippen molar-refractivity contribution >= 4 is 36.5 Å². The molecular weight excluding hydrogens is 528 g/mol. The Kier molecular flexibility index (Phi) is 8.30. The summed E-state index contributed by atoms with van der Waals surface area (Å²) in [6.45, 7) is 4.80. The molecule has 1 aromatic heterocycles. The van der Waals surface area contributed by atoms with E-state index in [1.54, 1.807) is 18.2 Å². The van der Waals surface area contributed by atoms with Gasteiger partial charge in [0.05, 0.1) is 15.6 Å². The molecule has 0 N–H and O–H groups in total. The highest BCUT2D eigenvalue weighted by Crippen LogP contribution is 2.38. The highest BCUT2D eigenvalue weighted by Gasteiger charge is 2.23. The summed E-state index contributed by atoms with van der Waals surface area (Å²) in [6.07, 6.45) is 0. The third-order valence-corrected chi connectivity index (χ3v) is 6.98. The molecule has 4 aromatic carbocycles. The molecule has 4 nitrogen and oxygen atoms in total. The zero-order chi connectivity index (χ0) is 27.4. The second-order valence-corrected chi connectivity index (χ2v) is 10.3. The molecule has 0 fully saturated rings. The van der Waals surface area contributed by atoms with Crippen LogP contribution in [0.1, 0.15) is 36.7 Å². The maximum atomic E-state index is 6.45. The van der Waals surface area contributed by atoms with E-state index in [9.17, 15) is 0 Å². The Hall–Kier alpha value is -3.67. The number of nitrogens with zero attached hydrogens (tertiary/aromatic N) is 1. The molecule has 0 aliphatic heterocycles. The summed E-state index contributed by atoms with van der Waals surface area (Å²) in [5.41, 5.74) is 6.07. The third-order valence-electron chi connectivity index (χ3n) is 6.35. The Morgan fingerprint density at radius 1 is 0.744 bits per heavy atom. The van der Waals surface area contributed by atoms with Crippen LogP contribution < -0.4 is 14.9 Å². The number of rotatable bonds is 9. The largest absolute Gasteiger partial charge is 0.489 e. The summed E-state index contributed by atoms with van der Waals surface area (Å²) in [5, 5.41) is 5.31. The van der Waals surface area contributed by atoms with Gasteiger partial charge in [0.1, 0.15) is 44.0 Å². The molecule has 0 bridgehead atoms.